The molecule has 4 rings (SSSR count). The first-order chi connectivity index (χ1) is 19.7. The summed E-state index contributed by atoms with van der Waals surface area (Å²) in [5, 5.41) is 3.65. The van der Waals surface area contributed by atoms with Crippen LogP contribution in [0.3, 0.4) is 0 Å². The van der Waals surface area contributed by atoms with E-state index in [2.05, 4.69) is 5.32 Å². The highest BCUT2D eigenvalue weighted by molar-refractivity contribution is 7.92. The van der Waals surface area contributed by atoms with Crippen LogP contribution in [0.4, 0.5) is 5.69 Å². The smallest absolute Gasteiger partial charge is 0.264 e. The van der Waals surface area contributed by atoms with Crippen molar-refractivity contribution in [2.45, 2.75) is 62.6 Å². The van der Waals surface area contributed by atoms with Gasteiger partial charge >= 0.3 is 0 Å². The summed E-state index contributed by atoms with van der Waals surface area (Å²) in [5.74, 6) is -0.225. The first kappa shape index (κ1) is 30.4. The fraction of sp³-hybridized carbons (Fsp3) is 0.355. The number of benzene rings is 3. The SMILES string of the molecule is COc1ccc(N(CC(=O)N(Cc2ccc(Cl)cc2)[C@H](C)C(=O)NC2CCCCC2)S(=O)(=O)c2ccccc2)cc1. The van der Waals surface area contributed by atoms with Crippen LogP contribution in [0.15, 0.2) is 83.8 Å². The molecule has 8 nitrogen and oxygen atoms in total. The van der Waals surface area contributed by atoms with Crippen molar-refractivity contribution in [3.63, 3.8) is 0 Å². The number of nitrogens with one attached hydrogen (secondary N) is 1. The summed E-state index contributed by atoms with van der Waals surface area (Å²) in [6.45, 7) is 1.28. The monoisotopic (exact) mass is 597 g/mol. The summed E-state index contributed by atoms with van der Waals surface area (Å²) in [7, 11) is -2.60. The van der Waals surface area contributed by atoms with E-state index >= 15 is 0 Å². The van der Waals surface area contributed by atoms with E-state index < -0.39 is 28.5 Å². The molecule has 1 atom stereocenters. The molecule has 0 unspecified atom stereocenters. The molecular formula is C31H36ClN3O5S. The Labute approximate surface area is 247 Å². The number of ether oxygens (including phenoxy) is 1. The van der Waals surface area contributed by atoms with Crippen molar-refractivity contribution in [1.82, 2.24) is 10.2 Å². The average Bonchev–Trinajstić information content (AvgIpc) is 3.00. The van der Waals surface area contributed by atoms with Gasteiger partial charge < -0.3 is 15.0 Å². The lowest BCUT2D eigenvalue weighted by Gasteiger charge is -2.33. The third-order valence-electron chi connectivity index (χ3n) is 7.36. The molecule has 0 spiro atoms. The van der Waals surface area contributed by atoms with Gasteiger partial charge in [-0.05, 0) is 73.9 Å². The van der Waals surface area contributed by atoms with E-state index in [-0.39, 0.29) is 23.4 Å². The number of rotatable bonds is 11. The van der Waals surface area contributed by atoms with Gasteiger partial charge in [0, 0.05) is 17.6 Å². The molecule has 0 radical (unpaired) electrons. The maximum absolute atomic E-state index is 14.0. The van der Waals surface area contributed by atoms with Crippen LogP contribution in [-0.2, 0) is 26.2 Å². The number of carbonyl (C=O) groups is 2. The Hall–Kier alpha value is -3.56. The number of hydrogen-bond donors (Lipinski definition) is 1. The maximum atomic E-state index is 14.0. The van der Waals surface area contributed by atoms with E-state index in [9.17, 15) is 18.0 Å². The Morgan fingerprint density at radius 1 is 0.951 bits per heavy atom. The molecule has 1 aliphatic rings. The number of anilines is 1. The van der Waals surface area contributed by atoms with Crippen LogP contribution in [-0.4, -0.2) is 50.9 Å². The zero-order valence-electron chi connectivity index (χ0n) is 23.3. The Bertz CT molecular complexity index is 1410. The molecule has 0 aromatic heterocycles. The van der Waals surface area contributed by atoms with Crippen LogP contribution in [0, 0.1) is 0 Å². The van der Waals surface area contributed by atoms with Crippen LogP contribution in [0.1, 0.15) is 44.6 Å². The molecule has 2 amide bonds. The maximum Gasteiger partial charge on any atom is 0.264 e. The molecule has 0 aliphatic heterocycles. The van der Waals surface area contributed by atoms with Gasteiger partial charge in [0.2, 0.25) is 11.8 Å². The predicted molar refractivity (Wildman–Crippen MR) is 160 cm³/mol. The highest BCUT2D eigenvalue weighted by Crippen LogP contribution is 2.27. The van der Waals surface area contributed by atoms with Crippen molar-refractivity contribution in [1.29, 1.82) is 0 Å². The summed E-state index contributed by atoms with van der Waals surface area (Å²) in [4.78, 5) is 28.9. The third kappa shape index (κ3) is 7.80. The van der Waals surface area contributed by atoms with E-state index in [1.54, 1.807) is 73.7 Å². The summed E-state index contributed by atoms with van der Waals surface area (Å²) in [6.07, 6.45) is 5.08. The first-order valence-electron chi connectivity index (χ1n) is 13.7. The van der Waals surface area contributed by atoms with E-state index in [1.807, 2.05) is 0 Å². The van der Waals surface area contributed by atoms with Crippen LogP contribution in [0.5, 0.6) is 5.75 Å². The Morgan fingerprint density at radius 2 is 1.59 bits per heavy atom. The summed E-state index contributed by atoms with van der Waals surface area (Å²) >= 11 is 6.07. The second-order valence-electron chi connectivity index (χ2n) is 10.2. The number of nitrogens with zero attached hydrogens (tertiary/aromatic N) is 2. The van der Waals surface area contributed by atoms with Gasteiger partial charge in [0.25, 0.3) is 10.0 Å². The second kappa shape index (κ2) is 13.9. The molecule has 1 N–H and O–H groups in total. The molecule has 0 saturated heterocycles. The molecule has 1 fully saturated rings. The third-order valence-corrected chi connectivity index (χ3v) is 9.40. The highest BCUT2D eigenvalue weighted by atomic mass is 35.5. The minimum absolute atomic E-state index is 0.0518. The average molecular weight is 598 g/mol. The molecule has 1 saturated carbocycles. The number of sulfonamides is 1. The molecule has 0 bridgehead atoms. The fourth-order valence-electron chi connectivity index (χ4n) is 4.93. The first-order valence-corrected chi connectivity index (χ1v) is 15.6. The Balaban J connectivity index is 1.66. The van der Waals surface area contributed by atoms with Crippen LogP contribution < -0.4 is 14.4 Å². The molecular weight excluding hydrogens is 562 g/mol. The quantitative estimate of drug-likeness (QED) is 0.319. The molecule has 10 heteroatoms. The van der Waals surface area contributed by atoms with Gasteiger partial charge in [-0.1, -0.05) is 61.2 Å². The normalized spacial score (nSPS) is 14.6. The van der Waals surface area contributed by atoms with Gasteiger partial charge in [-0.15, -0.1) is 0 Å². The van der Waals surface area contributed by atoms with Crippen LogP contribution in [0.25, 0.3) is 0 Å². The highest BCUT2D eigenvalue weighted by Gasteiger charge is 2.33. The van der Waals surface area contributed by atoms with Crippen molar-refractivity contribution in [3.8, 4) is 5.75 Å². The largest absolute Gasteiger partial charge is 0.497 e. The van der Waals surface area contributed by atoms with E-state index in [0.29, 0.717) is 16.5 Å². The minimum atomic E-state index is -4.12. The summed E-state index contributed by atoms with van der Waals surface area (Å²) in [5.41, 5.74) is 1.07. The van der Waals surface area contributed by atoms with Gasteiger partial charge in [-0.25, -0.2) is 8.42 Å². The van der Waals surface area contributed by atoms with Gasteiger partial charge in [0.15, 0.2) is 0 Å². The van der Waals surface area contributed by atoms with E-state index in [0.717, 1.165) is 42.0 Å². The van der Waals surface area contributed by atoms with Crippen molar-refractivity contribution >= 4 is 39.1 Å². The number of hydrogen-bond acceptors (Lipinski definition) is 5. The van der Waals surface area contributed by atoms with Crippen molar-refractivity contribution in [2.24, 2.45) is 0 Å². The summed E-state index contributed by atoms with van der Waals surface area (Å²) in [6, 6.07) is 20.7. The van der Waals surface area contributed by atoms with Gasteiger partial charge in [-0.2, -0.15) is 0 Å². The Kier molecular flexibility index (Phi) is 10.3. The molecule has 0 heterocycles. The molecule has 3 aromatic carbocycles. The fourth-order valence-corrected chi connectivity index (χ4v) is 6.50. The lowest BCUT2D eigenvalue weighted by atomic mass is 9.95. The standard InChI is InChI=1S/C31H36ClN3O5S/c1-23(31(37)33-26-9-5-3-6-10-26)34(21-24-13-15-25(32)16-14-24)30(36)22-35(27-17-19-28(40-2)20-18-27)41(38,39)29-11-7-4-8-12-29/h4,7-8,11-20,23,26H,3,5-6,9-10,21-22H2,1-2H3,(H,33,37)/t23-/m1/s1. The second-order valence-corrected chi connectivity index (χ2v) is 12.5. The van der Waals surface area contributed by atoms with Crippen molar-refractivity contribution in [2.75, 3.05) is 18.0 Å². The molecule has 1 aliphatic carbocycles. The molecule has 218 valence electrons. The topological polar surface area (TPSA) is 96.0 Å². The number of methoxy groups -OCH3 is 1. The van der Waals surface area contributed by atoms with Crippen LogP contribution in [0.2, 0.25) is 5.02 Å². The number of amides is 2. The zero-order chi connectivity index (χ0) is 29.4. The summed E-state index contributed by atoms with van der Waals surface area (Å²) < 4.78 is 34.0. The lowest BCUT2D eigenvalue weighted by molar-refractivity contribution is -0.139. The molecule has 41 heavy (non-hydrogen) atoms. The number of carbonyl (C=O) groups excluding carboxylic acids is 2. The van der Waals surface area contributed by atoms with Gasteiger partial charge in [0.05, 0.1) is 17.7 Å². The zero-order valence-corrected chi connectivity index (χ0v) is 24.9. The van der Waals surface area contributed by atoms with Crippen LogP contribution >= 0.6 is 11.6 Å². The molecule has 3 aromatic rings. The van der Waals surface area contributed by atoms with Crippen molar-refractivity contribution in [3.05, 3.63) is 89.4 Å². The van der Waals surface area contributed by atoms with Crippen molar-refractivity contribution < 1.29 is 22.7 Å². The van der Waals surface area contributed by atoms with E-state index in [4.69, 9.17) is 16.3 Å². The predicted octanol–water partition coefficient (Wildman–Crippen LogP) is 5.41. The van der Waals surface area contributed by atoms with E-state index in [1.165, 1.54) is 24.1 Å². The Morgan fingerprint density at radius 3 is 2.20 bits per heavy atom. The van der Waals surface area contributed by atoms with Gasteiger partial charge in [0.1, 0.15) is 18.3 Å². The lowest BCUT2D eigenvalue weighted by Crippen LogP contribution is -2.53. The number of halogens is 1. The minimum Gasteiger partial charge on any atom is -0.497 e. The van der Waals surface area contributed by atoms with Gasteiger partial charge in [-0.3, -0.25) is 13.9 Å².